The maximum atomic E-state index is 5.94. The molecule has 1 atom stereocenters. The van der Waals surface area contributed by atoms with Crippen LogP contribution in [-0.2, 0) is 4.74 Å². The molecule has 1 aliphatic rings. The maximum Gasteiger partial charge on any atom is 0.138 e. The van der Waals surface area contributed by atoms with Crippen LogP contribution >= 0.6 is 11.6 Å². The zero-order valence-electron chi connectivity index (χ0n) is 8.90. The van der Waals surface area contributed by atoms with Gasteiger partial charge in [0.05, 0.1) is 12.3 Å². The van der Waals surface area contributed by atoms with Gasteiger partial charge in [-0.15, -0.1) is 0 Å². The largest absolute Gasteiger partial charge is 0.381 e. The highest BCUT2D eigenvalue weighted by Crippen LogP contribution is 2.25. The van der Waals surface area contributed by atoms with Gasteiger partial charge in [-0.05, 0) is 25.0 Å². The van der Waals surface area contributed by atoms with Gasteiger partial charge in [0.25, 0.3) is 0 Å². The molecule has 0 aliphatic carbocycles. The first kappa shape index (κ1) is 10.1. The summed E-state index contributed by atoms with van der Waals surface area (Å²) in [5, 5.41) is 0.726. The number of halogens is 1. The second kappa shape index (κ2) is 4.07. The van der Waals surface area contributed by atoms with E-state index >= 15 is 0 Å². The number of ether oxygens (including phenoxy) is 1. The van der Waals surface area contributed by atoms with Crippen LogP contribution in [0.15, 0.2) is 24.5 Å². The van der Waals surface area contributed by atoms with Crippen molar-refractivity contribution in [1.82, 2.24) is 9.38 Å². The van der Waals surface area contributed by atoms with Crippen LogP contribution in [0.5, 0.6) is 0 Å². The van der Waals surface area contributed by atoms with Gasteiger partial charge in [-0.1, -0.05) is 11.6 Å². The predicted octanol–water partition coefficient (Wildman–Crippen LogP) is 2.88. The summed E-state index contributed by atoms with van der Waals surface area (Å²) in [6.45, 7) is 1.67. The minimum atomic E-state index is 0.437. The van der Waals surface area contributed by atoms with Crippen molar-refractivity contribution in [1.29, 1.82) is 0 Å². The molecule has 2 aromatic heterocycles. The van der Waals surface area contributed by atoms with E-state index in [2.05, 4.69) is 11.2 Å². The molecular formula is C12H13ClN2O. The molecule has 1 aliphatic heterocycles. The maximum absolute atomic E-state index is 5.94. The first-order valence-corrected chi connectivity index (χ1v) is 5.92. The quantitative estimate of drug-likeness (QED) is 0.761. The normalized spacial score (nSPS) is 21.4. The first-order valence-electron chi connectivity index (χ1n) is 5.55. The first-order chi connectivity index (χ1) is 7.83. The third kappa shape index (κ3) is 1.81. The van der Waals surface area contributed by atoms with E-state index in [-0.39, 0.29) is 0 Å². The molecule has 0 aromatic carbocycles. The summed E-state index contributed by atoms with van der Waals surface area (Å²) >= 11 is 5.94. The second-order valence-corrected chi connectivity index (χ2v) is 4.63. The number of imidazole rings is 1. The van der Waals surface area contributed by atoms with E-state index in [1.54, 1.807) is 0 Å². The van der Waals surface area contributed by atoms with E-state index in [1.165, 1.54) is 0 Å². The Kier molecular flexibility index (Phi) is 2.58. The molecule has 2 aromatic rings. The number of hydrogen-bond acceptors (Lipinski definition) is 2. The summed E-state index contributed by atoms with van der Waals surface area (Å²) in [7, 11) is 0. The SMILES string of the molecule is Clc1ccn2cc(C3CCCOC3)nc2c1. The number of nitrogens with zero attached hydrogens (tertiary/aromatic N) is 2. The molecule has 1 saturated heterocycles. The van der Waals surface area contributed by atoms with Crippen molar-refractivity contribution in [2.24, 2.45) is 0 Å². The van der Waals surface area contributed by atoms with Crippen molar-refractivity contribution in [3.05, 3.63) is 35.2 Å². The van der Waals surface area contributed by atoms with Gasteiger partial charge in [-0.3, -0.25) is 0 Å². The Bertz CT molecular complexity index is 503. The Morgan fingerprint density at radius 1 is 1.50 bits per heavy atom. The third-order valence-corrected chi connectivity index (χ3v) is 3.25. The Balaban J connectivity index is 1.97. The lowest BCUT2D eigenvalue weighted by molar-refractivity contribution is 0.0794. The van der Waals surface area contributed by atoms with Gasteiger partial charge in [-0.2, -0.15) is 0 Å². The summed E-state index contributed by atoms with van der Waals surface area (Å²) in [4.78, 5) is 4.60. The van der Waals surface area contributed by atoms with Crippen LogP contribution in [0.4, 0.5) is 0 Å². The molecule has 0 N–H and O–H groups in total. The summed E-state index contributed by atoms with van der Waals surface area (Å²) in [5.74, 6) is 0.437. The zero-order chi connectivity index (χ0) is 11.0. The van der Waals surface area contributed by atoms with Crippen LogP contribution in [0.25, 0.3) is 5.65 Å². The van der Waals surface area contributed by atoms with Crippen molar-refractivity contribution in [2.45, 2.75) is 18.8 Å². The average molecular weight is 237 g/mol. The highest BCUT2D eigenvalue weighted by Gasteiger charge is 2.18. The van der Waals surface area contributed by atoms with Gasteiger partial charge in [0, 0.05) is 29.9 Å². The van der Waals surface area contributed by atoms with E-state index in [0.29, 0.717) is 5.92 Å². The molecule has 0 spiro atoms. The molecule has 1 unspecified atom stereocenters. The molecule has 0 radical (unpaired) electrons. The topological polar surface area (TPSA) is 26.5 Å². The van der Waals surface area contributed by atoms with Crippen LogP contribution in [-0.4, -0.2) is 22.6 Å². The molecule has 0 bridgehead atoms. The fourth-order valence-electron chi connectivity index (χ4n) is 2.15. The van der Waals surface area contributed by atoms with Gasteiger partial charge in [0.1, 0.15) is 5.65 Å². The van der Waals surface area contributed by atoms with Gasteiger partial charge < -0.3 is 9.14 Å². The summed E-state index contributed by atoms with van der Waals surface area (Å²) in [6, 6.07) is 3.76. The van der Waals surface area contributed by atoms with Crippen molar-refractivity contribution in [3.8, 4) is 0 Å². The van der Waals surface area contributed by atoms with Crippen molar-refractivity contribution in [2.75, 3.05) is 13.2 Å². The van der Waals surface area contributed by atoms with E-state index in [1.807, 2.05) is 22.7 Å². The van der Waals surface area contributed by atoms with Crippen molar-refractivity contribution < 1.29 is 4.74 Å². The van der Waals surface area contributed by atoms with Crippen LogP contribution in [0.2, 0.25) is 5.02 Å². The number of rotatable bonds is 1. The van der Waals surface area contributed by atoms with Gasteiger partial charge >= 0.3 is 0 Å². The number of aromatic nitrogens is 2. The van der Waals surface area contributed by atoms with Crippen molar-refractivity contribution >= 4 is 17.2 Å². The molecule has 16 heavy (non-hydrogen) atoms. The molecule has 4 heteroatoms. The average Bonchev–Trinajstić information content (AvgIpc) is 2.73. The number of pyridine rings is 1. The van der Waals surface area contributed by atoms with Crippen LogP contribution in [0, 0.1) is 0 Å². The lowest BCUT2D eigenvalue weighted by Gasteiger charge is -2.19. The molecule has 0 amide bonds. The fraction of sp³-hybridized carbons (Fsp3) is 0.417. The Morgan fingerprint density at radius 3 is 3.25 bits per heavy atom. The summed E-state index contributed by atoms with van der Waals surface area (Å²) < 4.78 is 7.49. The Hall–Kier alpha value is -1.06. The molecule has 84 valence electrons. The second-order valence-electron chi connectivity index (χ2n) is 4.19. The van der Waals surface area contributed by atoms with Crippen molar-refractivity contribution in [3.63, 3.8) is 0 Å². The summed E-state index contributed by atoms with van der Waals surface area (Å²) in [6.07, 6.45) is 6.31. The molecule has 3 heterocycles. The minimum Gasteiger partial charge on any atom is -0.381 e. The van der Waals surface area contributed by atoms with Gasteiger partial charge in [-0.25, -0.2) is 4.98 Å². The highest BCUT2D eigenvalue weighted by molar-refractivity contribution is 6.30. The monoisotopic (exact) mass is 236 g/mol. The van der Waals surface area contributed by atoms with Crippen LogP contribution in [0.1, 0.15) is 24.5 Å². The molecule has 1 fully saturated rings. The minimum absolute atomic E-state index is 0.437. The number of fused-ring (bicyclic) bond motifs is 1. The van der Waals surface area contributed by atoms with E-state index in [4.69, 9.17) is 16.3 Å². The smallest absolute Gasteiger partial charge is 0.138 e. The zero-order valence-corrected chi connectivity index (χ0v) is 9.65. The highest BCUT2D eigenvalue weighted by atomic mass is 35.5. The van der Waals surface area contributed by atoms with E-state index in [0.717, 1.165) is 42.4 Å². The Morgan fingerprint density at radius 2 is 2.44 bits per heavy atom. The van der Waals surface area contributed by atoms with Crippen LogP contribution in [0.3, 0.4) is 0 Å². The Labute approximate surface area is 99.0 Å². The molecule has 0 saturated carbocycles. The van der Waals surface area contributed by atoms with Gasteiger partial charge in [0.15, 0.2) is 0 Å². The molecule has 3 nitrogen and oxygen atoms in total. The summed E-state index contributed by atoms with van der Waals surface area (Å²) in [5.41, 5.74) is 2.02. The lowest BCUT2D eigenvalue weighted by atomic mass is 9.99. The molecular weight excluding hydrogens is 224 g/mol. The van der Waals surface area contributed by atoms with E-state index in [9.17, 15) is 0 Å². The number of hydrogen-bond donors (Lipinski definition) is 0. The fourth-order valence-corrected chi connectivity index (χ4v) is 2.30. The van der Waals surface area contributed by atoms with Crippen LogP contribution < -0.4 is 0 Å². The predicted molar refractivity (Wildman–Crippen MR) is 63.0 cm³/mol. The van der Waals surface area contributed by atoms with Gasteiger partial charge in [0.2, 0.25) is 0 Å². The standard InChI is InChI=1S/C12H13ClN2O/c13-10-3-4-15-7-11(14-12(15)6-10)9-2-1-5-16-8-9/h3-4,6-7,9H,1-2,5,8H2. The molecule has 3 rings (SSSR count). The third-order valence-electron chi connectivity index (χ3n) is 3.02. The van der Waals surface area contributed by atoms with E-state index < -0.39 is 0 Å². The lowest BCUT2D eigenvalue weighted by Crippen LogP contribution is -2.15.